The van der Waals surface area contributed by atoms with Crippen LogP contribution in [0.25, 0.3) is 11.0 Å². The third-order valence-corrected chi connectivity index (χ3v) is 8.96. The topological polar surface area (TPSA) is 99.9 Å². The van der Waals surface area contributed by atoms with Crippen LogP contribution in [0.4, 0.5) is 4.39 Å². The van der Waals surface area contributed by atoms with E-state index < -0.39 is 23.2 Å². The van der Waals surface area contributed by atoms with Gasteiger partial charge in [0.05, 0.1) is 5.39 Å². The first-order chi connectivity index (χ1) is 21.7. The maximum Gasteiger partial charge on any atom is 0.287 e. The molecule has 3 aromatic carbocycles. The zero-order chi connectivity index (χ0) is 31.5. The van der Waals surface area contributed by atoms with Crippen LogP contribution in [0.1, 0.15) is 58.8 Å². The lowest BCUT2D eigenvalue weighted by molar-refractivity contribution is -0.134. The molecular weight excluding hydrogens is 597 g/mol. The van der Waals surface area contributed by atoms with E-state index in [1.165, 1.54) is 11.6 Å². The number of likely N-dealkylation sites (tertiary alicyclic amines) is 2. The van der Waals surface area contributed by atoms with Crippen LogP contribution in [0.5, 0.6) is 0 Å². The lowest BCUT2D eigenvalue weighted by atomic mass is 9.86. The Morgan fingerprint density at radius 3 is 2.47 bits per heavy atom. The Kier molecular flexibility index (Phi) is 8.98. The van der Waals surface area contributed by atoms with Crippen molar-refractivity contribution in [3.05, 3.63) is 116 Å². The largest absolute Gasteiger partial charge is 0.451 e. The molecule has 0 spiro atoms. The third-order valence-electron chi connectivity index (χ3n) is 8.71. The maximum absolute atomic E-state index is 13.9. The van der Waals surface area contributed by atoms with Gasteiger partial charge >= 0.3 is 0 Å². The molecule has 10 heteroatoms. The molecule has 4 aromatic rings. The molecule has 2 aliphatic heterocycles. The van der Waals surface area contributed by atoms with Crippen LogP contribution in [0.15, 0.2) is 82.0 Å². The van der Waals surface area contributed by atoms with Gasteiger partial charge in [0, 0.05) is 56.2 Å². The number of nitrogens with zero attached hydrogens (tertiary/aromatic N) is 2. The number of carbonyl (C=O) groups is 3. The smallest absolute Gasteiger partial charge is 0.287 e. The van der Waals surface area contributed by atoms with Crippen molar-refractivity contribution in [2.24, 2.45) is 0 Å². The Labute approximate surface area is 264 Å². The molecule has 3 amide bonds. The number of amides is 3. The summed E-state index contributed by atoms with van der Waals surface area (Å²) in [5, 5.41) is 3.47. The summed E-state index contributed by atoms with van der Waals surface area (Å²) in [5.41, 5.74) is 2.60. The normalized spacial score (nSPS) is 16.3. The molecule has 1 N–H and O–H groups in total. The molecule has 0 unspecified atom stereocenters. The van der Waals surface area contributed by atoms with Crippen LogP contribution in [0.2, 0.25) is 5.02 Å². The van der Waals surface area contributed by atoms with Crippen LogP contribution < -0.4 is 10.7 Å². The average molecular weight is 630 g/mol. The van der Waals surface area contributed by atoms with Crippen molar-refractivity contribution >= 4 is 40.3 Å². The number of hydrogen-bond donors (Lipinski definition) is 1. The summed E-state index contributed by atoms with van der Waals surface area (Å²) in [6.07, 6.45) is 3.16. The second-order valence-electron chi connectivity index (χ2n) is 11.7. The molecule has 232 valence electrons. The Morgan fingerprint density at radius 1 is 0.978 bits per heavy atom. The number of rotatable bonds is 8. The van der Waals surface area contributed by atoms with E-state index in [4.69, 9.17) is 16.0 Å². The van der Waals surface area contributed by atoms with Crippen molar-refractivity contribution in [1.29, 1.82) is 0 Å². The van der Waals surface area contributed by atoms with Crippen molar-refractivity contribution in [3.8, 4) is 0 Å². The van der Waals surface area contributed by atoms with Crippen molar-refractivity contribution in [2.45, 2.75) is 50.6 Å². The number of carbonyl (C=O) groups excluding carboxylic acids is 3. The summed E-state index contributed by atoms with van der Waals surface area (Å²) in [6, 6.07) is 18.8. The fourth-order valence-electron chi connectivity index (χ4n) is 6.31. The second-order valence-corrected chi connectivity index (χ2v) is 12.1. The fourth-order valence-corrected chi connectivity index (χ4v) is 6.44. The maximum atomic E-state index is 13.9. The molecule has 0 aliphatic carbocycles. The minimum absolute atomic E-state index is 0.0512. The standard InChI is InChI=1S/C35H33ClFN3O5/c36-25-9-7-22(8-10-25)18-29(38-34(43)32-20-30(41)28-12-11-26(37)19-31(28)45-32)35(44)39-16-13-23(14-17-39)27-5-2-1-4-24(27)21-40-15-3-6-33(40)42/h1-2,4-5,7-12,19-20,23,29H,3,6,13-18,21H2,(H,38,43)/t29-/m1/s1. The average Bonchev–Trinajstić information content (AvgIpc) is 3.45. The van der Waals surface area contributed by atoms with E-state index in [9.17, 15) is 23.6 Å². The minimum atomic E-state index is -0.947. The summed E-state index contributed by atoms with van der Waals surface area (Å²) in [4.78, 5) is 55.8. The number of fused-ring (bicyclic) bond motifs is 1. The summed E-state index contributed by atoms with van der Waals surface area (Å²) in [7, 11) is 0. The number of hydrogen-bond acceptors (Lipinski definition) is 5. The lowest BCUT2D eigenvalue weighted by Crippen LogP contribution is -2.51. The highest BCUT2D eigenvalue weighted by molar-refractivity contribution is 6.30. The van der Waals surface area contributed by atoms with Gasteiger partial charge in [-0.2, -0.15) is 0 Å². The second kappa shape index (κ2) is 13.2. The number of nitrogens with one attached hydrogen (secondary N) is 1. The number of piperidine rings is 1. The van der Waals surface area contributed by atoms with Gasteiger partial charge in [0.25, 0.3) is 5.91 Å². The van der Waals surface area contributed by atoms with Gasteiger partial charge in [0.15, 0.2) is 11.2 Å². The molecule has 45 heavy (non-hydrogen) atoms. The van der Waals surface area contributed by atoms with E-state index >= 15 is 0 Å². The quantitative estimate of drug-likeness (QED) is 0.279. The van der Waals surface area contributed by atoms with Crippen LogP contribution in [0, 0.1) is 5.82 Å². The van der Waals surface area contributed by atoms with Crippen LogP contribution in [0.3, 0.4) is 0 Å². The third kappa shape index (κ3) is 6.93. The van der Waals surface area contributed by atoms with Gasteiger partial charge in [0.2, 0.25) is 11.8 Å². The summed E-state index contributed by atoms with van der Waals surface area (Å²) in [5.74, 6) is -1.48. The van der Waals surface area contributed by atoms with Gasteiger partial charge in [-0.3, -0.25) is 19.2 Å². The van der Waals surface area contributed by atoms with Crippen molar-refractivity contribution in [2.75, 3.05) is 19.6 Å². The summed E-state index contributed by atoms with van der Waals surface area (Å²) >= 11 is 6.07. The molecule has 3 heterocycles. The highest BCUT2D eigenvalue weighted by Gasteiger charge is 2.32. The van der Waals surface area contributed by atoms with E-state index in [-0.39, 0.29) is 40.9 Å². The molecule has 1 atom stereocenters. The van der Waals surface area contributed by atoms with E-state index in [1.54, 1.807) is 29.2 Å². The highest BCUT2D eigenvalue weighted by Crippen LogP contribution is 2.32. The monoisotopic (exact) mass is 629 g/mol. The van der Waals surface area contributed by atoms with Crippen molar-refractivity contribution in [3.63, 3.8) is 0 Å². The minimum Gasteiger partial charge on any atom is -0.451 e. The van der Waals surface area contributed by atoms with Crippen LogP contribution >= 0.6 is 11.6 Å². The Hall–Kier alpha value is -4.50. The van der Waals surface area contributed by atoms with Crippen molar-refractivity contribution < 1.29 is 23.2 Å². The zero-order valence-electron chi connectivity index (χ0n) is 24.6. The van der Waals surface area contributed by atoms with E-state index in [0.717, 1.165) is 55.1 Å². The molecule has 6 rings (SSSR count). The Morgan fingerprint density at radius 2 is 1.73 bits per heavy atom. The van der Waals surface area contributed by atoms with Gasteiger partial charge in [-0.05, 0) is 66.1 Å². The molecule has 2 saturated heterocycles. The predicted molar refractivity (Wildman–Crippen MR) is 169 cm³/mol. The van der Waals surface area contributed by atoms with Gasteiger partial charge in [-0.15, -0.1) is 0 Å². The zero-order valence-corrected chi connectivity index (χ0v) is 25.4. The van der Waals surface area contributed by atoms with Gasteiger partial charge in [0.1, 0.15) is 17.4 Å². The Balaban J connectivity index is 1.18. The lowest BCUT2D eigenvalue weighted by Gasteiger charge is -2.35. The van der Waals surface area contributed by atoms with Crippen LogP contribution in [-0.4, -0.2) is 53.2 Å². The Bertz CT molecular complexity index is 1800. The molecule has 0 bridgehead atoms. The van der Waals surface area contributed by atoms with Crippen LogP contribution in [-0.2, 0) is 22.6 Å². The first-order valence-electron chi connectivity index (χ1n) is 15.2. The van der Waals surface area contributed by atoms with Gasteiger partial charge in [-0.1, -0.05) is 48.0 Å². The van der Waals surface area contributed by atoms with E-state index in [1.807, 2.05) is 17.0 Å². The molecule has 2 aliphatic rings. The molecule has 8 nitrogen and oxygen atoms in total. The number of halogens is 2. The summed E-state index contributed by atoms with van der Waals surface area (Å²) < 4.78 is 19.4. The first-order valence-corrected chi connectivity index (χ1v) is 15.6. The van der Waals surface area contributed by atoms with Gasteiger partial charge in [-0.25, -0.2) is 4.39 Å². The highest BCUT2D eigenvalue weighted by atomic mass is 35.5. The first kappa shape index (κ1) is 30.5. The summed E-state index contributed by atoms with van der Waals surface area (Å²) in [6.45, 7) is 2.37. The van der Waals surface area contributed by atoms with Crippen molar-refractivity contribution in [1.82, 2.24) is 15.1 Å². The molecule has 0 radical (unpaired) electrons. The van der Waals surface area contributed by atoms with Gasteiger partial charge < -0.3 is 19.5 Å². The molecule has 1 aromatic heterocycles. The molecule has 0 saturated carbocycles. The number of benzene rings is 3. The molecular formula is C35H33ClFN3O5. The van der Waals surface area contributed by atoms with E-state index in [0.29, 0.717) is 31.1 Å². The fraction of sp³-hybridized carbons (Fsp3) is 0.314. The van der Waals surface area contributed by atoms with E-state index in [2.05, 4.69) is 17.4 Å². The SMILES string of the molecule is O=C(N[C@H](Cc1ccc(Cl)cc1)C(=O)N1CCC(c2ccccc2CN2CCCC2=O)CC1)c1cc(=O)c2ccc(F)cc2o1. The molecule has 2 fully saturated rings. The predicted octanol–water partition coefficient (Wildman–Crippen LogP) is 5.46.